The summed E-state index contributed by atoms with van der Waals surface area (Å²) in [6.45, 7) is 3.97. The number of amides is 2. The molecule has 0 aliphatic heterocycles. The maximum atomic E-state index is 13.5. The monoisotopic (exact) mass is 352 g/mol. The second-order valence-electron chi connectivity index (χ2n) is 5.66. The summed E-state index contributed by atoms with van der Waals surface area (Å²) in [5.41, 5.74) is 3.30. The van der Waals surface area contributed by atoms with Crippen molar-refractivity contribution in [1.29, 1.82) is 0 Å². The van der Waals surface area contributed by atoms with Crippen molar-refractivity contribution < 1.29 is 13.9 Å². The van der Waals surface area contributed by atoms with E-state index in [-0.39, 0.29) is 11.8 Å². The van der Waals surface area contributed by atoms with E-state index in [1.807, 2.05) is 32.0 Å². The average Bonchev–Trinajstić information content (AvgIpc) is 2.62. The topological polar surface area (TPSA) is 76.1 Å². The van der Waals surface area contributed by atoms with Crippen molar-refractivity contribution in [1.82, 2.24) is 9.97 Å². The number of carbonyl (C=O) groups is 1. The molecular formula is C19H17FN4O2. The van der Waals surface area contributed by atoms with E-state index in [1.54, 1.807) is 12.1 Å². The molecule has 0 aliphatic carbocycles. The van der Waals surface area contributed by atoms with Crippen LogP contribution in [-0.4, -0.2) is 16.0 Å². The fourth-order valence-electron chi connectivity index (χ4n) is 2.17. The van der Waals surface area contributed by atoms with Crippen molar-refractivity contribution in [3.63, 3.8) is 0 Å². The minimum atomic E-state index is -0.508. The van der Waals surface area contributed by atoms with Gasteiger partial charge in [0.05, 0.1) is 18.1 Å². The highest BCUT2D eigenvalue weighted by Crippen LogP contribution is 2.21. The molecule has 0 spiro atoms. The molecule has 0 saturated carbocycles. The minimum Gasteiger partial charge on any atom is -0.421 e. The maximum absolute atomic E-state index is 13.5. The largest absolute Gasteiger partial charge is 0.421 e. The molecule has 0 atom stereocenters. The molecule has 0 bridgehead atoms. The first-order chi connectivity index (χ1) is 12.5. The van der Waals surface area contributed by atoms with Crippen LogP contribution in [0.15, 0.2) is 54.9 Å². The van der Waals surface area contributed by atoms with Crippen LogP contribution >= 0.6 is 0 Å². The summed E-state index contributed by atoms with van der Waals surface area (Å²) in [6, 6.07) is 11.2. The number of hydrogen-bond donors (Lipinski definition) is 2. The first kappa shape index (κ1) is 17.3. The number of nitrogens with zero attached hydrogens (tertiary/aromatic N) is 2. The first-order valence-electron chi connectivity index (χ1n) is 7.91. The predicted octanol–water partition coefficient (Wildman–Crippen LogP) is 4.67. The third-order valence-corrected chi connectivity index (χ3v) is 3.69. The van der Waals surface area contributed by atoms with E-state index in [4.69, 9.17) is 4.74 Å². The van der Waals surface area contributed by atoms with Crippen molar-refractivity contribution in [2.45, 2.75) is 13.8 Å². The van der Waals surface area contributed by atoms with Crippen LogP contribution in [0.4, 0.5) is 20.6 Å². The predicted molar refractivity (Wildman–Crippen MR) is 97.1 cm³/mol. The number of hydrogen-bond acceptors (Lipinski definition) is 4. The van der Waals surface area contributed by atoms with Gasteiger partial charge in [-0.25, -0.2) is 19.2 Å². The first-order valence-corrected chi connectivity index (χ1v) is 7.91. The number of nitrogens with one attached hydrogen (secondary N) is 2. The summed E-state index contributed by atoms with van der Waals surface area (Å²) < 4.78 is 18.8. The molecule has 0 radical (unpaired) electrons. The zero-order valence-electron chi connectivity index (χ0n) is 14.3. The van der Waals surface area contributed by atoms with Crippen molar-refractivity contribution in [2.75, 3.05) is 10.6 Å². The van der Waals surface area contributed by atoms with Crippen LogP contribution < -0.4 is 15.4 Å². The van der Waals surface area contributed by atoms with E-state index in [0.29, 0.717) is 11.4 Å². The Morgan fingerprint density at radius 3 is 2.35 bits per heavy atom. The number of benzene rings is 2. The molecule has 3 rings (SSSR count). The lowest BCUT2D eigenvalue weighted by atomic mass is 10.1. The Kier molecular flexibility index (Phi) is 5.07. The lowest BCUT2D eigenvalue weighted by Crippen LogP contribution is -2.19. The summed E-state index contributed by atoms with van der Waals surface area (Å²) in [5.74, 6) is -0.480. The zero-order chi connectivity index (χ0) is 18.5. The van der Waals surface area contributed by atoms with Crippen molar-refractivity contribution in [3.05, 3.63) is 71.8 Å². The van der Waals surface area contributed by atoms with Gasteiger partial charge in [-0.15, -0.1) is 0 Å². The molecule has 26 heavy (non-hydrogen) atoms. The number of aromatic nitrogens is 2. The number of halogens is 1. The van der Waals surface area contributed by atoms with Gasteiger partial charge in [-0.3, -0.25) is 0 Å². The standard InChI is InChI=1S/C19H17FN4O2/c1-12-7-8-14(9-13(12)2)23-18(25)24-15-10-21-19(22-11-15)26-17-6-4-3-5-16(17)20/h3-11H,1-2H3,(H2,23,24,25). The highest BCUT2D eigenvalue weighted by molar-refractivity contribution is 5.99. The quantitative estimate of drug-likeness (QED) is 0.715. The van der Waals surface area contributed by atoms with E-state index in [2.05, 4.69) is 20.6 Å². The number of carbonyl (C=O) groups excluding carboxylic acids is 1. The van der Waals surface area contributed by atoms with E-state index in [1.165, 1.54) is 24.5 Å². The van der Waals surface area contributed by atoms with Gasteiger partial charge in [-0.1, -0.05) is 18.2 Å². The van der Waals surface area contributed by atoms with Gasteiger partial charge >= 0.3 is 12.0 Å². The van der Waals surface area contributed by atoms with Gasteiger partial charge in [0.2, 0.25) is 0 Å². The molecule has 7 heteroatoms. The Morgan fingerprint density at radius 1 is 0.962 bits per heavy atom. The molecule has 2 aromatic carbocycles. The molecule has 6 nitrogen and oxygen atoms in total. The minimum absolute atomic E-state index is 0.0183. The van der Waals surface area contributed by atoms with Gasteiger partial charge in [0.25, 0.3) is 0 Å². The Labute approximate surface area is 150 Å². The number of para-hydroxylation sites is 1. The fourth-order valence-corrected chi connectivity index (χ4v) is 2.17. The van der Waals surface area contributed by atoms with Gasteiger partial charge in [-0.2, -0.15) is 0 Å². The van der Waals surface area contributed by atoms with Gasteiger partial charge in [0, 0.05) is 5.69 Å². The van der Waals surface area contributed by atoms with E-state index >= 15 is 0 Å². The lowest BCUT2D eigenvalue weighted by molar-refractivity contribution is 0.262. The second kappa shape index (κ2) is 7.60. The van der Waals surface area contributed by atoms with Crippen molar-refractivity contribution >= 4 is 17.4 Å². The molecule has 3 aromatic rings. The van der Waals surface area contributed by atoms with Gasteiger partial charge in [0.1, 0.15) is 0 Å². The third kappa shape index (κ3) is 4.32. The summed E-state index contributed by atoms with van der Waals surface area (Å²) in [6.07, 6.45) is 2.76. The number of anilines is 2. The molecule has 2 N–H and O–H groups in total. The van der Waals surface area contributed by atoms with Gasteiger partial charge in [-0.05, 0) is 49.2 Å². The highest BCUT2D eigenvalue weighted by atomic mass is 19.1. The number of aryl methyl sites for hydroxylation is 2. The van der Waals surface area contributed by atoms with E-state index < -0.39 is 11.8 Å². The second-order valence-corrected chi connectivity index (χ2v) is 5.66. The smallest absolute Gasteiger partial charge is 0.323 e. The molecule has 0 unspecified atom stereocenters. The average molecular weight is 352 g/mol. The molecule has 0 saturated heterocycles. The van der Waals surface area contributed by atoms with Crippen molar-refractivity contribution in [2.24, 2.45) is 0 Å². The van der Waals surface area contributed by atoms with Crippen LogP contribution in [0.25, 0.3) is 0 Å². The van der Waals surface area contributed by atoms with Gasteiger partial charge in [0.15, 0.2) is 11.6 Å². The maximum Gasteiger partial charge on any atom is 0.323 e. The van der Waals surface area contributed by atoms with Crippen LogP contribution in [0.1, 0.15) is 11.1 Å². The molecule has 2 amide bonds. The van der Waals surface area contributed by atoms with Crippen LogP contribution in [-0.2, 0) is 0 Å². The Balaban J connectivity index is 1.61. The Morgan fingerprint density at radius 2 is 1.65 bits per heavy atom. The summed E-state index contributed by atoms with van der Waals surface area (Å²) in [7, 11) is 0. The Bertz CT molecular complexity index is 929. The number of rotatable bonds is 4. The molecule has 0 fully saturated rings. The lowest BCUT2D eigenvalue weighted by Gasteiger charge is -2.09. The molecule has 1 aromatic heterocycles. The summed E-state index contributed by atoms with van der Waals surface area (Å²) in [5, 5.41) is 5.36. The molecular weight excluding hydrogens is 335 g/mol. The van der Waals surface area contributed by atoms with Crippen LogP contribution in [0.3, 0.4) is 0 Å². The van der Waals surface area contributed by atoms with Crippen LogP contribution in [0.2, 0.25) is 0 Å². The summed E-state index contributed by atoms with van der Waals surface area (Å²) in [4.78, 5) is 20.0. The fraction of sp³-hybridized carbons (Fsp3) is 0.105. The zero-order valence-corrected chi connectivity index (χ0v) is 14.3. The number of ether oxygens (including phenoxy) is 1. The SMILES string of the molecule is Cc1ccc(NC(=O)Nc2cnc(Oc3ccccc3F)nc2)cc1C. The van der Waals surface area contributed by atoms with Crippen molar-refractivity contribution in [3.8, 4) is 11.8 Å². The van der Waals surface area contributed by atoms with E-state index in [0.717, 1.165) is 11.1 Å². The Hall–Kier alpha value is -3.48. The number of urea groups is 1. The highest BCUT2D eigenvalue weighted by Gasteiger charge is 2.08. The van der Waals surface area contributed by atoms with Crippen LogP contribution in [0.5, 0.6) is 11.8 Å². The molecule has 1 heterocycles. The third-order valence-electron chi connectivity index (χ3n) is 3.69. The summed E-state index contributed by atoms with van der Waals surface area (Å²) >= 11 is 0. The molecule has 0 aliphatic rings. The molecule has 132 valence electrons. The van der Waals surface area contributed by atoms with E-state index in [9.17, 15) is 9.18 Å². The van der Waals surface area contributed by atoms with Crippen LogP contribution in [0, 0.1) is 19.7 Å². The van der Waals surface area contributed by atoms with Gasteiger partial charge < -0.3 is 15.4 Å². The normalized spacial score (nSPS) is 10.3.